The number of isocyanates is 4. The highest BCUT2D eigenvalue weighted by molar-refractivity contribution is 5.26. The molecule has 8 nitrogen and oxygen atoms in total. The Kier molecular flexibility index (Phi) is 75.5. The normalized spacial score (nSPS) is 6.60. The summed E-state index contributed by atoms with van der Waals surface area (Å²) >= 11 is 0. The highest BCUT2D eigenvalue weighted by Gasteiger charge is 2.07. The van der Waals surface area contributed by atoms with Crippen LogP contribution in [0.2, 0.25) is 0 Å². The molecule has 0 heterocycles. The summed E-state index contributed by atoms with van der Waals surface area (Å²) in [4.78, 5) is 33.4. The molecule has 0 aliphatic carbocycles. The molecule has 144 valence electrons. The summed E-state index contributed by atoms with van der Waals surface area (Å²) in [6.45, 7) is 14.7. The molecular formula is C17H32N4O4. The largest absolute Gasteiger partial charge is 0.231 e. The first-order valence-corrected chi connectivity index (χ1v) is 7.40. The fraction of sp³-hybridized carbons (Fsp3) is 0.647. The minimum absolute atomic E-state index is 0.551. The Bertz CT molecular complexity index is 330. The zero-order valence-corrected chi connectivity index (χ0v) is 16.0. The summed E-state index contributed by atoms with van der Waals surface area (Å²) < 4.78 is 0. The molecule has 0 aliphatic heterocycles. The average Bonchev–Trinajstić information content (AvgIpc) is 2.50. The second-order valence-corrected chi connectivity index (χ2v) is 5.12. The van der Waals surface area contributed by atoms with Gasteiger partial charge in [-0.25, -0.2) is 40.8 Å². The van der Waals surface area contributed by atoms with E-state index in [1.807, 2.05) is 6.08 Å². The van der Waals surface area contributed by atoms with Crippen molar-refractivity contribution >= 4 is 24.3 Å². The first kappa shape index (κ1) is 38.1. The molecule has 0 fully saturated rings. The SMILES string of the molecule is C=CCC.CCCCCC(C)(C)C.N=C=O.N=C=O.N=C=O.N=C=O. The molecule has 8 heteroatoms. The number of nitrogens with one attached hydrogen (secondary N) is 4. The molecule has 0 aromatic rings. The lowest BCUT2D eigenvalue weighted by molar-refractivity contribution is 0.359. The zero-order valence-electron chi connectivity index (χ0n) is 16.0. The molecule has 0 spiro atoms. The number of allylic oxidation sites excluding steroid dienone is 1. The standard InChI is InChI=1S/C9H20.C4H8.4CHNO/c1-5-6-7-8-9(2,3)4;1-3-4-2;4*2-1-3/h5-8H2,1-4H3;3H,1,4H2,2H3;4*2H. The van der Waals surface area contributed by atoms with Crippen molar-refractivity contribution in [3.63, 3.8) is 0 Å². The summed E-state index contributed by atoms with van der Waals surface area (Å²) in [5.74, 6) is 0. The van der Waals surface area contributed by atoms with E-state index in [0.717, 1.165) is 30.7 Å². The van der Waals surface area contributed by atoms with Crippen LogP contribution in [0.4, 0.5) is 0 Å². The Labute approximate surface area is 150 Å². The van der Waals surface area contributed by atoms with Gasteiger partial charge in [-0.2, -0.15) is 0 Å². The molecular weight excluding hydrogens is 324 g/mol. The van der Waals surface area contributed by atoms with E-state index < -0.39 is 0 Å². The Hall–Kier alpha value is -2.74. The molecule has 0 radical (unpaired) electrons. The first-order chi connectivity index (χ1) is 11.6. The lowest BCUT2D eigenvalue weighted by Crippen LogP contribution is -2.03. The number of rotatable bonds is 4. The van der Waals surface area contributed by atoms with Crippen LogP contribution in [0.3, 0.4) is 0 Å². The van der Waals surface area contributed by atoms with Crippen LogP contribution in [-0.2, 0) is 19.2 Å². The van der Waals surface area contributed by atoms with Crippen molar-refractivity contribution in [2.45, 2.75) is 66.7 Å². The average molecular weight is 356 g/mol. The summed E-state index contributed by atoms with van der Waals surface area (Å²) in [7, 11) is 0. The molecule has 0 aromatic heterocycles. The smallest absolute Gasteiger partial charge is 0.222 e. The van der Waals surface area contributed by atoms with E-state index in [2.05, 4.69) is 41.2 Å². The second kappa shape index (κ2) is 49.6. The molecule has 0 saturated heterocycles. The van der Waals surface area contributed by atoms with Gasteiger partial charge in [0.2, 0.25) is 24.3 Å². The first-order valence-electron chi connectivity index (χ1n) is 7.40. The third-order valence-corrected chi connectivity index (χ3v) is 1.82. The predicted octanol–water partition coefficient (Wildman–Crippen LogP) is 4.80. The third-order valence-electron chi connectivity index (χ3n) is 1.82. The van der Waals surface area contributed by atoms with E-state index in [1.165, 1.54) is 25.7 Å². The van der Waals surface area contributed by atoms with Gasteiger partial charge >= 0.3 is 0 Å². The molecule has 0 bridgehead atoms. The van der Waals surface area contributed by atoms with Gasteiger partial charge in [-0.05, 0) is 18.3 Å². The van der Waals surface area contributed by atoms with Gasteiger partial charge in [0.25, 0.3) is 0 Å². The van der Waals surface area contributed by atoms with Gasteiger partial charge in [0.1, 0.15) is 0 Å². The number of carbonyl (C=O) groups excluding carboxylic acids is 4. The molecule has 0 saturated carbocycles. The predicted molar refractivity (Wildman–Crippen MR) is 97.7 cm³/mol. The minimum Gasteiger partial charge on any atom is -0.222 e. The summed E-state index contributed by atoms with van der Waals surface area (Å²) in [6, 6.07) is 0. The topological polar surface area (TPSA) is 164 Å². The molecule has 25 heavy (non-hydrogen) atoms. The van der Waals surface area contributed by atoms with Crippen molar-refractivity contribution in [2.75, 3.05) is 0 Å². The van der Waals surface area contributed by atoms with Crippen LogP contribution >= 0.6 is 0 Å². The minimum atomic E-state index is 0.551. The van der Waals surface area contributed by atoms with Crippen molar-refractivity contribution in [1.82, 2.24) is 0 Å². The number of unbranched alkanes of at least 4 members (excludes halogenated alkanes) is 2. The molecule has 0 aliphatic rings. The van der Waals surface area contributed by atoms with E-state index in [0.29, 0.717) is 5.41 Å². The van der Waals surface area contributed by atoms with Crippen LogP contribution in [0, 0.1) is 27.1 Å². The van der Waals surface area contributed by atoms with Crippen LogP contribution in [0.5, 0.6) is 0 Å². The lowest BCUT2D eigenvalue weighted by Gasteiger charge is -2.16. The van der Waals surface area contributed by atoms with Gasteiger partial charge in [0.05, 0.1) is 0 Å². The van der Waals surface area contributed by atoms with Gasteiger partial charge in [0.15, 0.2) is 0 Å². The van der Waals surface area contributed by atoms with E-state index >= 15 is 0 Å². The molecule has 0 unspecified atom stereocenters. The van der Waals surface area contributed by atoms with Crippen LogP contribution in [0.1, 0.15) is 66.7 Å². The Morgan fingerprint density at radius 3 is 1.16 bits per heavy atom. The van der Waals surface area contributed by atoms with Gasteiger partial charge in [0, 0.05) is 0 Å². The zero-order chi connectivity index (χ0) is 21.6. The van der Waals surface area contributed by atoms with Crippen LogP contribution < -0.4 is 0 Å². The molecule has 0 amide bonds. The summed E-state index contributed by atoms with van der Waals surface area (Å²) in [5, 5.41) is 21.6. The molecule has 4 N–H and O–H groups in total. The van der Waals surface area contributed by atoms with Crippen LogP contribution in [-0.4, -0.2) is 24.3 Å². The van der Waals surface area contributed by atoms with Gasteiger partial charge in [-0.1, -0.05) is 60.0 Å². The third kappa shape index (κ3) is 435. The van der Waals surface area contributed by atoms with E-state index in [4.69, 9.17) is 40.8 Å². The maximum absolute atomic E-state index is 8.35. The van der Waals surface area contributed by atoms with E-state index in [9.17, 15) is 0 Å². The quantitative estimate of drug-likeness (QED) is 0.246. The van der Waals surface area contributed by atoms with Crippen LogP contribution in [0.15, 0.2) is 12.7 Å². The monoisotopic (exact) mass is 356 g/mol. The van der Waals surface area contributed by atoms with Crippen molar-refractivity contribution in [3.8, 4) is 0 Å². The number of hydrogen-bond acceptors (Lipinski definition) is 8. The summed E-state index contributed by atoms with van der Waals surface area (Å²) in [5.41, 5.74) is 0.551. The van der Waals surface area contributed by atoms with Crippen molar-refractivity contribution < 1.29 is 19.2 Å². The van der Waals surface area contributed by atoms with Crippen molar-refractivity contribution in [1.29, 1.82) is 21.6 Å². The molecule has 0 rings (SSSR count). The number of hydrogen-bond donors (Lipinski definition) is 4. The van der Waals surface area contributed by atoms with Gasteiger partial charge in [-0.15, -0.1) is 6.58 Å². The lowest BCUT2D eigenvalue weighted by atomic mass is 9.90. The molecule has 0 aromatic carbocycles. The van der Waals surface area contributed by atoms with E-state index in [-0.39, 0.29) is 0 Å². The fourth-order valence-corrected chi connectivity index (χ4v) is 0.905. The maximum atomic E-state index is 8.35. The van der Waals surface area contributed by atoms with Gasteiger partial charge in [-0.3, -0.25) is 0 Å². The second-order valence-electron chi connectivity index (χ2n) is 5.12. The van der Waals surface area contributed by atoms with Gasteiger partial charge < -0.3 is 0 Å². The van der Waals surface area contributed by atoms with Crippen molar-refractivity contribution in [2.24, 2.45) is 5.41 Å². The highest BCUT2D eigenvalue weighted by atomic mass is 16.1. The maximum Gasteiger partial charge on any atom is 0.231 e. The Morgan fingerprint density at radius 1 is 0.800 bits per heavy atom. The Balaban J connectivity index is -0.0000000478. The summed E-state index contributed by atoms with van der Waals surface area (Å²) in [6.07, 6.45) is 11.5. The van der Waals surface area contributed by atoms with E-state index in [1.54, 1.807) is 0 Å². The molecule has 0 atom stereocenters. The van der Waals surface area contributed by atoms with Crippen LogP contribution in [0.25, 0.3) is 0 Å². The Morgan fingerprint density at radius 2 is 1.04 bits per heavy atom. The highest BCUT2D eigenvalue weighted by Crippen LogP contribution is 2.21. The van der Waals surface area contributed by atoms with Crippen molar-refractivity contribution in [3.05, 3.63) is 12.7 Å². The fourth-order valence-electron chi connectivity index (χ4n) is 0.905.